The summed E-state index contributed by atoms with van der Waals surface area (Å²) in [4.78, 5) is 1.92. The monoisotopic (exact) mass is 335 g/mol. The Morgan fingerprint density at radius 3 is 2.39 bits per heavy atom. The van der Waals surface area contributed by atoms with Crippen LogP contribution in [0.5, 0.6) is 5.75 Å². The van der Waals surface area contributed by atoms with E-state index in [-0.39, 0.29) is 12.6 Å². The molecule has 2 aromatic carbocycles. The summed E-state index contributed by atoms with van der Waals surface area (Å²) in [6, 6.07) is 14.5. The summed E-state index contributed by atoms with van der Waals surface area (Å²) in [5, 5.41) is 20.7. The molecule has 0 unspecified atom stereocenters. The lowest BCUT2D eigenvalue weighted by Gasteiger charge is -2.29. The van der Waals surface area contributed by atoms with Gasteiger partial charge in [0, 0.05) is 11.6 Å². The molecule has 23 heavy (non-hydrogen) atoms. The molecule has 2 atom stereocenters. The van der Waals surface area contributed by atoms with Crippen molar-refractivity contribution in [3.05, 3.63) is 64.7 Å². The van der Waals surface area contributed by atoms with Crippen molar-refractivity contribution in [2.24, 2.45) is 0 Å². The Kier molecular flexibility index (Phi) is 6.42. The Hall–Kier alpha value is -1.59. The van der Waals surface area contributed by atoms with Crippen molar-refractivity contribution in [1.29, 1.82) is 0 Å². The van der Waals surface area contributed by atoms with Crippen LogP contribution in [0.1, 0.15) is 23.3 Å². The molecule has 2 aromatic rings. The van der Waals surface area contributed by atoms with Gasteiger partial charge in [-0.1, -0.05) is 35.9 Å². The molecular weight excluding hydrogens is 314 g/mol. The Bertz CT molecular complexity index is 618. The van der Waals surface area contributed by atoms with E-state index in [1.165, 1.54) is 0 Å². The minimum atomic E-state index is -0.675. The first-order chi connectivity index (χ1) is 11.0. The third kappa shape index (κ3) is 4.69. The number of rotatable bonds is 7. The number of aliphatic hydroxyl groups excluding tert-OH is 2. The van der Waals surface area contributed by atoms with Gasteiger partial charge in [0.15, 0.2) is 0 Å². The van der Waals surface area contributed by atoms with Gasteiger partial charge >= 0.3 is 0 Å². The molecular formula is C18H22ClNO3. The normalized spacial score (nSPS) is 13.8. The number of hydrogen-bond acceptors (Lipinski definition) is 4. The Labute approximate surface area is 141 Å². The van der Waals surface area contributed by atoms with Gasteiger partial charge in [-0.2, -0.15) is 0 Å². The molecule has 0 radical (unpaired) electrons. The number of aliphatic hydroxyl groups is 2. The van der Waals surface area contributed by atoms with E-state index < -0.39 is 6.10 Å². The molecule has 0 bridgehead atoms. The number of likely N-dealkylation sites (N-methyl/N-ethyl adjacent to an activating group) is 1. The summed E-state index contributed by atoms with van der Waals surface area (Å²) in [5.41, 5.74) is 1.73. The zero-order valence-corrected chi connectivity index (χ0v) is 14.1. The smallest absolute Gasteiger partial charge is 0.118 e. The van der Waals surface area contributed by atoms with Crippen molar-refractivity contribution in [1.82, 2.24) is 4.90 Å². The molecule has 0 spiro atoms. The van der Waals surface area contributed by atoms with Crippen molar-refractivity contribution < 1.29 is 14.9 Å². The van der Waals surface area contributed by atoms with Crippen molar-refractivity contribution in [3.8, 4) is 5.75 Å². The number of ether oxygens (including phenoxy) is 1. The summed E-state index contributed by atoms with van der Waals surface area (Å²) in [5.74, 6) is 0.770. The van der Waals surface area contributed by atoms with Gasteiger partial charge in [-0.15, -0.1) is 0 Å². The fourth-order valence-electron chi connectivity index (χ4n) is 2.54. The molecule has 5 heteroatoms. The van der Waals surface area contributed by atoms with Crippen LogP contribution in [0.25, 0.3) is 0 Å². The summed E-state index contributed by atoms with van der Waals surface area (Å²) < 4.78 is 5.15. The number of benzene rings is 2. The summed E-state index contributed by atoms with van der Waals surface area (Å²) in [6.07, 6.45) is -0.675. The Morgan fingerprint density at radius 1 is 1.13 bits per heavy atom. The number of nitrogens with zero attached hydrogens (tertiary/aromatic N) is 1. The first-order valence-electron chi connectivity index (χ1n) is 7.43. The fourth-order valence-corrected chi connectivity index (χ4v) is 2.74. The number of halogens is 1. The van der Waals surface area contributed by atoms with Crippen LogP contribution in [0.4, 0.5) is 0 Å². The molecule has 4 nitrogen and oxygen atoms in total. The fraction of sp³-hybridized carbons (Fsp3) is 0.333. The van der Waals surface area contributed by atoms with E-state index in [4.69, 9.17) is 16.3 Å². The zero-order valence-electron chi connectivity index (χ0n) is 13.3. The highest BCUT2D eigenvalue weighted by atomic mass is 35.5. The molecule has 0 aliphatic carbocycles. The first kappa shape index (κ1) is 17.8. The molecule has 0 saturated carbocycles. The Morgan fingerprint density at radius 2 is 1.83 bits per heavy atom. The van der Waals surface area contributed by atoms with Gasteiger partial charge < -0.3 is 14.9 Å². The van der Waals surface area contributed by atoms with Gasteiger partial charge in [-0.3, -0.25) is 4.90 Å². The number of hydrogen-bond donors (Lipinski definition) is 2. The van der Waals surface area contributed by atoms with Crippen LogP contribution in [-0.4, -0.2) is 42.4 Å². The number of methoxy groups -OCH3 is 1. The largest absolute Gasteiger partial charge is 0.497 e. The van der Waals surface area contributed by atoms with E-state index in [2.05, 4.69) is 0 Å². The summed E-state index contributed by atoms with van der Waals surface area (Å²) in [7, 11) is 3.49. The van der Waals surface area contributed by atoms with Gasteiger partial charge in [-0.25, -0.2) is 0 Å². The second kappa shape index (κ2) is 8.31. The van der Waals surface area contributed by atoms with Crippen LogP contribution in [0.3, 0.4) is 0 Å². The molecule has 2 N–H and O–H groups in total. The maximum atomic E-state index is 10.4. The lowest BCUT2D eigenvalue weighted by Crippen LogP contribution is -2.31. The predicted octanol–water partition coefficient (Wildman–Crippen LogP) is 3.05. The van der Waals surface area contributed by atoms with Gasteiger partial charge in [0.1, 0.15) is 5.75 Å². The highest BCUT2D eigenvalue weighted by Crippen LogP contribution is 2.25. The molecule has 0 fully saturated rings. The van der Waals surface area contributed by atoms with E-state index >= 15 is 0 Å². The Balaban J connectivity index is 2.08. The SMILES string of the molecule is COc1ccc([C@H](CO)N(C)C[C@H](O)c2cccc(Cl)c2)cc1. The van der Waals surface area contributed by atoms with Crippen LogP contribution in [0.15, 0.2) is 48.5 Å². The maximum Gasteiger partial charge on any atom is 0.118 e. The van der Waals surface area contributed by atoms with E-state index in [0.29, 0.717) is 11.6 Å². The second-order valence-electron chi connectivity index (χ2n) is 5.48. The van der Waals surface area contributed by atoms with Crippen LogP contribution < -0.4 is 4.74 Å². The lowest BCUT2D eigenvalue weighted by molar-refractivity contribution is 0.0795. The van der Waals surface area contributed by atoms with Gasteiger partial charge in [0.2, 0.25) is 0 Å². The van der Waals surface area contributed by atoms with Gasteiger partial charge in [0.25, 0.3) is 0 Å². The van der Waals surface area contributed by atoms with E-state index in [1.54, 1.807) is 19.2 Å². The van der Waals surface area contributed by atoms with Crippen molar-refractivity contribution >= 4 is 11.6 Å². The molecule has 0 amide bonds. The second-order valence-corrected chi connectivity index (χ2v) is 5.92. The van der Waals surface area contributed by atoms with Crippen LogP contribution >= 0.6 is 11.6 Å². The average molecular weight is 336 g/mol. The zero-order chi connectivity index (χ0) is 16.8. The predicted molar refractivity (Wildman–Crippen MR) is 91.9 cm³/mol. The van der Waals surface area contributed by atoms with Crippen LogP contribution in [0, 0.1) is 0 Å². The van der Waals surface area contributed by atoms with Crippen molar-refractivity contribution in [3.63, 3.8) is 0 Å². The standard InChI is InChI=1S/C18H22ClNO3/c1-20(11-18(22)14-4-3-5-15(19)10-14)17(12-21)13-6-8-16(23-2)9-7-13/h3-10,17-18,21-22H,11-12H2,1-2H3/t17-,18-/m0/s1. The van der Waals surface area contributed by atoms with E-state index in [9.17, 15) is 10.2 Å². The lowest BCUT2D eigenvalue weighted by atomic mass is 10.0. The molecule has 0 aromatic heterocycles. The third-order valence-electron chi connectivity index (χ3n) is 3.90. The first-order valence-corrected chi connectivity index (χ1v) is 7.81. The van der Waals surface area contributed by atoms with E-state index in [0.717, 1.165) is 16.9 Å². The average Bonchev–Trinajstić information content (AvgIpc) is 2.56. The highest BCUT2D eigenvalue weighted by molar-refractivity contribution is 6.30. The summed E-state index contributed by atoms with van der Waals surface area (Å²) >= 11 is 5.96. The molecule has 124 valence electrons. The molecule has 2 rings (SSSR count). The topological polar surface area (TPSA) is 52.9 Å². The minimum absolute atomic E-state index is 0.0366. The van der Waals surface area contributed by atoms with Crippen LogP contribution in [-0.2, 0) is 0 Å². The molecule has 0 heterocycles. The maximum absolute atomic E-state index is 10.4. The van der Waals surface area contributed by atoms with E-state index in [1.807, 2.05) is 48.3 Å². The molecule has 0 aliphatic rings. The van der Waals surface area contributed by atoms with Crippen LogP contribution in [0.2, 0.25) is 5.02 Å². The van der Waals surface area contributed by atoms with Crippen molar-refractivity contribution in [2.45, 2.75) is 12.1 Å². The molecule has 0 saturated heterocycles. The quantitative estimate of drug-likeness (QED) is 0.816. The van der Waals surface area contributed by atoms with Gasteiger partial charge in [0.05, 0.1) is 25.9 Å². The third-order valence-corrected chi connectivity index (χ3v) is 4.14. The summed E-state index contributed by atoms with van der Waals surface area (Å²) in [6.45, 7) is 0.350. The molecule has 0 aliphatic heterocycles. The highest BCUT2D eigenvalue weighted by Gasteiger charge is 2.20. The van der Waals surface area contributed by atoms with Crippen molar-refractivity contribution in [2.75, 3.05) is 27.3 Å². The van der Waals surface area contributed by atoms with Gasteiger partial charge in [-0.05, 0) is 42.4 Å². The minimum Gasteiger partial charge on any atom is -0.497 e.